The fraction of sp³-hybridized carbons (Fsp3) is 0.276. The highest BCUT2D eigenvalue weighted by Gasteiger charge is 2.26. The van der Waals surface area contributed by atoms with Crippen LogP contribution in [0.2, 0.25) is 5.02 Å². The molecule has 1 unspecified atom stereocenters. The van der Waals surface area contributed by atoms with E-state index in [9.17, 15) is 14.4 Å². The van der Waals surface area contributed by atoms with Crippen LogP contribution in [0.1, 0.15) is 24.1 Å². The number of aromatic nitrogens is 2. The molecular weight excluding hydrogens is 518 g/mol. The summed E-state index contributed by atoms with van der Waals surface area (Å²) in [6, 6.07) is 17.0. The summed E-state index contributed by atoms with van der Waals surface area (Å²) in [5.74, 6) is -0.526. The first-order chi connectivity index (χ1) is 19.0. The van der Waals surface area contributed by atoms with E-state index in [2.05, 4.69) is 20.6 Å². The fourth-order valence-electron chi connectivity index (χ4n) is 4.11. The number of amides is 3. The molecule has 0 aliphatic carbocycles. The van der Waals surface area contributed by atoms with E-state index in [1.807, 2.05) is 18.2 Å². The number of piperidine rings is 1. The molecule has 3 amide bonds. The van der Waals surface area contributed by atoms with Crippen LogP contribution in [0.4, 0.5) is 0 Å². The van der Waals surface area contributed by atoms with Gasteiger partial charge in [0.15, 0.2) is 0 Å². The first kappa shape index (κ1) is 27.8. The first-order valence-electron chi connectivity index (χ1n) is 12.7. The van der Waals surface area contributed by atoms with E-state index in [0.29, 0.717) is 42.5 Å². The van der Waals surface area contributed by atoms with E-state index in [1.54, 1.807) is 65.8 Å². The van der Waals surface area contributed by atoms with E-state index in [-0.39, 0.29) is 25.0 Å². The van der Waals surface area contributed by atoms with Crippen LogP contribution in [-0.4, -0.2) is 64.4 Å². The molecule has 4 rings (SSSR count). The molecule has 202 valence electrons. The monoisotopic (exact) mass is 547 g/mol. The lowest BCUT2D eigenvalue weighted by Gasteiger charge is -2.32. The Morgan fingerprint density at radius 1 is 1.00 bits per heavy atom. The quantitative estimate of drug-likeness (QED) is 0.377. The second kappa shape index (κ2) is 14.1. The van der Waals surface area contributed by atoms with Crippen molar-refractivity contribution in [3.8, 4) is 5.88 Å². The standard InChI is InChI=1S/C29H30ClN5O4/c30-22-10-7-21(8-11-22)9-12-26(36)34-25(19-23-5-1-3-15-31-23)29(38)33-20-28(37)35-17-13-24(14-18-35)39-27-6-2-4-16-32-27/h1-12,15-16,24-25H,13-14,17-20H2,(H,33,38)(H,34,36)/b12-9+. The van der Waals surface area contributed by atoms with Crippen LogP contribution < -0.4 is 15.4 Å². The molecule has 39 heavy (non-hydrogen) atoms. The number of nitrogens with one attached hydrogen (secondary N) is 2. The molecule has 1 saturated heterocycles. The summed E-state index contributed by atoms with van der Waals surface area (Å²) < 4.78 is 5.88. The highest BCUT2D eigenvalue weighted by molar-refractivity contribution is 6.30. The van der Waals surface area contributed by atoms with E-state index >= 15 is 0 Å². The molecule has 10 heteroatoms. The van der Waals surface area contributed by atoms with Gasteiger partial charge < -0.3 is 20.3 Å². The molecule has 0 radical (unpaired) electrons. The summed E-state index contributed by atoms with van der Waals surface area (Å²) in [4.78, 5) is 48.6. The highest BCUT2D eigenvalue weighted by atomic mass is 35.5. The highest BCUT2D eigenvalue weighted by Crippen LogP contribution is 2.17. The van der Waals surface area contributed by atoms with Crippen molar-refractivity contribution in [2.45, 2.75) is 31.4 Å². The first-order valence-corrected chi connectivity index (χ1v) is 13.1. The van der Waals surface area contributed by atoms with Crippen molar-refractivity contribution < 1.29 is 19.1 Å². The van der Waals surface area contributed by atoms with Gasteiger partial charge in [0.2, 0.25) is 23.6 Å². The number of hydrogen-bond acceptors (Lipinski definition) is 6. The Hall–Kier alpha value is -4.24. The minimum atomic E-state index is -0.910. The number of likely N-dealkylation sites (tertiary alicyclic amines) is 1. The van der Waals surface area contributed by atoms with E-state index < -0.39 is 17.9 Å². The molecular formula is C29H30ClN5O4. The number of ether oxygens (including phenoxy) is 1. The summed E-state index contributed by atoms with van der Waals surface area (Å²) >= 11 is 5.90. The molecule has 1 aromatic carbocycles. The lowest BCUT2D eigenvalue weighted by molar-refractivity contribution is -0.135. The fourth-order valence-corrected chi connectivity index (χ4v) is 4.24. The van der Waals surface area contributed by atoms with E-state index in [1.165, 1.54) is 6.08 Å². The van der Waals surface area contributed by atoms with Crippen LogP contribution in [0.5, 0.6) is 5.88 Å². The van der Waals surface area contributed by atoms with Gasteiger partial charge in [0.1, 0.15) is 12.1 Å². The molecule has 3 aromatic rings. The minimum absolute atomic E-state index is 0.0163. The second-order valence-corrected chi connectivity index (χ2v) is 9.49. The Kier molecular flexibility index (Phi) is 10.0. The number of benzene rings is 1. The summed E-state index contributed by atoms with van der Waals surface area (Å²) in [6.07, 6.45) is 7.79. The smallest absolute Gasteiger partial charge is 0.244 e. The van der Waals surface area contributed by atoms with Gasteiger partial charge in [-0.2, -0.15) is 0 Å². The lowest BCUT2D eigenvalue weighted by Crippen LogP contribution is -2.51. The zero-order valence-electron chi connectivity index (χ0n) is 21.3. The number of rotatable bonds is 10. The zero-order valence-corrected chi connectivity index (χ0v) is 22.1. The van der Waals surface area contributed by atoms with Crippen molar-refractivity contribution in [3.05, 3.63) is 95.4 Å². The Bertz CT molecular complexity index is 1260. The molecule has 0 bridgehead atoms. The van der Waals surface area contributed by atoms with Crippen LogP contribution in [0, 0.1) is 0 Å². The van der Waals surface area contributed by atoms with Crippen LogP contribution in [0.15, 0.2) is 79.1 Å². The van der Waals surface area contributed by atoms with E-state index in [0.717, 1.165) is 5.56 Å². The molecule has 3 heterocycles. The Morgan fingerprint density at radius 2 is 1.72 bits per heavy atom. The molecule has 2 aromatic heterocycles. The number of pyridine rings is 2. The average Bonchev–Trinajstić information content (AvgIpc) is 2.96. The van der Waals surface area contributed by atoms with Crippen LogP contribution in [0.25, 0.3) is 6.08 Å². The summed E-state index contributed by atoms with van der Waals surface area (Å²) in [5.41, 5.74) is 1.43. The molecule has 0 spiro atoms. The number of carbonyl (C=O) groups is 3. The largest absolute Gasteiger partial charge is 0.474 e. The van der Waals surface area contributed by atoms with Crippen LogP contribution >= 0.6 is 11.6 Å². The third kappa shape index (κ3) is 8.93. The zero-order chi connectivity index (χ0) is 27.5. The third-order valence-electron chi connectivity index (χ3n) is 6.20. The van der Waals surface area contributed by atoms with Crippen molar-refractivity contribution in [2.75, 3.05) is 19.6 Å². The van der Waals surface area contributed by atoms with Gasteiger partial charge in [-0.25, -0.2) is 4.98 Å². The van der Waals surface area contributed by atoms with Crippen molar-refractivity contribution in [1.82, 2.24) is 25.5 Å². The normalized spacial score (nSPS) is 14.5. The number of hydrogen-bond donors (Lipinski definition) is 2. The molecule has 0 saturated carbocycles. The van der Waals surface area contributed by atoms with Crippen LogP contribution in [0.3, 0.4) is 0 Å². The SMILES string of the molecule is O=C(/C=C/c1ccc(Cl)cc1)NC(Cc1ccccn1)C(=O)NCC(=O)N1CCC(Oc2ccccn2)CC1. The van der Waals surface area contributed by atoms with Crippen molar-refractivity contribution in [3.63, 3.8) is 0 Å². The number of nitrogens with zero attached hydrogens (tertiary/aromatic N) is 3. The second-order valence-electron chi connectivity index (χ2n) is 9.06. The predicted octanol–water partition coefficient (Wildman–Crippen LogP) is 3.06. The van der Waals surface area contributed by atoms with Crippen molar-refractivity contribution in [2.24, 2.45) is 0 Å². The maximum absolute atomic E-state index is 13.0. The van der Waals surface area contributed by atoms with Gasteiger partial charge in [0.25, 0.3) is 0 Å². The number of halogens is 1. The maximum atomic E-state index is 13.0. The van der Waals surface area contributed by atoms with Gasteiger partial charge >= 0.3 is 0 Å². The average molecular weight is 548 g/mol. The van der Waals surface area contributed by atoms with Gasteiger partial charge in [0, 0.05) is 67.6 Å². The van der Waals surface area contributed by atoms with E-state index in [4.69, 9.17) is 16.3 Å². The van der Waals surface area contributed by atoms with Crippen molar-refractivity contribution >= 4 is 35.4 Å². The Morgan fingerprint density at radius 3 is 2.38 bits per heavy atom. The van der Waals surface area contributed by atoms with Gasteiger partial charge in [0.05, 0.1) is 6.54 Å². The predicted molar refractivity (Wildman–Crippen MR) is 148 cm³/mol. The van der Waals surface area contributed by atoms with Gasteiger partial charge in [-0.3, -0.25) is 19.4 Å². The maximum Gasteiger partial charge on any atom is 0.244 e. The minimum Gasteiger partial charge on any atom is -0.474 e. The van der Waals surface area contributed by atoms with Gasteiger partial charge in [-0.1, -0.05) is 35.9 Å². The summed E-state index contributed by atoms with van der Waals surface area (Å²) in [7, 11) is 0. The molecule has 9 nitrogen and oxygen atoms in total. The Labute approximate surface area is 232 Å². The van der Waals surface area contributed by atoms with Gasteiger partial charge in [-0.05, 0) is 42.0 Å². The molecule has 1 aliphatic heterocycles. The lowest BCUT2D eigenvalue weighted by atomic mass is 10.1. The van der Waals surface area contributed by atoms with Crippen LogP contribution in [-0.2, 0) is 20.8 Å². The summed E-state index contributed by atoms with van der Waals surface area (Å²) in [6.45, 7) is 0.880. The van der Waals surface area contributed by atoms with Gasteiger partial charge in [-0.15, -0.1) is 0 Å². The Balaban J connectivity index is 1.29. The number of carbonyl (C=O) groups excluding carboxylic acids is 3. The molecule has 2 N–H and O–H groups in total. The summed E-state index contributed by atoms with van der Waals surface area (Å²) in [5, 5.41) is 6.01. The van der Waals surface area contributed by atoms with Crippen molar-refractivity contribution in [1.29, 1.82) is 0 Å². The topological polar surface area (TPSA) is 114 Å². The molecule has 1 atom stereocenters. The molecule has 1 fully saturated rings. The molecule has 1 aliphatic rings. The third-order valence-corrected chi connectivity index (χ3v) is 6.46.